The van der Waals surface area contributed by atoms with Crippen LogP contribution in [0.1, 0.15) is 38.5 Å². The van der Waals surface area contributed by atoms with Crippen molar-refractivity contribution in [3.63, 3.8) is 0 Å². The normalized spacial score (nSPS) is 30.3. The molecule has 20 heavy (non-hydrogen) atoms. The minimum atomic E-state index is -3.35. The molecule has 8 heteroatoms. The van der Waals surface area contributed by atoms with Crippen molar-refractivity contribution >= 4 is 11.9 Å². The van der Waals surface area contributed by atoms with Gasteiger partial charge in [-0.1, -0.05) is 0 Å². The zero-order valence-corrected chi connectivity index (χ0v) is 10.6. The molecule has 1 aliphatic heterocycles. The fraction of sp³-hybridized carbons (Fsp3) is 0.833. The predicted molar refractivity (Wildman–Crippen MR) is 59.7 cm³/mol. The number of carbonyl (C=O) groups is 2. The highest BCUT2D eigenvalue weighted by Crippen LogP contribution is 2.40. The maximum Gasteiger partial charge on any atom is 0.326 e. The molecule has 1 aliphatic carbocycles. The zero-order valence-electron chi connectivity index (χ0n) is 10.6. The van der Waals surface area contributed by atoms with E-state index in [1.54, 1.807) is 0 Å². The van der Waals surface area contributed by atoms with Crippen LogP contribution in [0.4, 0.5) is 17.6 Å². The number of nitrogens with zero attached hydrogens (tertiary/aromatic N) is 1. The molecule has 2 aliphatic rings. The Morgan fingerprint density at radius 1 is 1.15 bits per heavy atom. The number of likely N-dealkylation sites (tertiary alicyclic amines) is 1. The van der Waals surface area contributed by atoms with E-state index in [2.05, 4.69) is 0 Å². The molecule has 2 fully saturated rings. The number of amides is 1. The average molecular weight is 297 g/mol. The summed E-state index contributed by atoms with van der Waals surface area (Å²) in [5.41, 5.74) is 0. The van der Waals surface area contributed by atoms with E-state index in [1.807, 2.05) is 0 Å². The van der Waals surface area contributed by atoms with Crippen LogP contribution in [0, 0.1) is 0 Å². The lowest BCUT2D eigenvalue weighted by atomic mass is 9.87. The van der Waals surface area contributed by atoms with Gasteiger partial charge in [-0.15, -0.1) is 0 Å². The van der Waals surface area contributed by atoms with Crippen LogP contribution in [0.15, 0.2) is 0 Å². The first-order valence-electron chi connectivity index (χ1n) is 6.41. The minimum absolute atomic E-state index is 0.0614. The van der Waals surface area contributed by atoms with Gasteiger partial charge in [-0.05, 0) is 12.8 Å². The molecule has 1 amide bonds. The maximum absolute atomic E-state index is 13.3. The summed E-state index contributed by atoms with van der Waals surface area (Å²) < 4.78 is 52.8. The van der Waals surface area contributed by atoms with Crippen LogP contribution in [0.2, 0.25) is 0 Å². The number of piperidine rings is 1. The third-order valence-electron chi connectivity index (χ3n) is 3.89. The number of aliphatic carboxylic acids is 1. The van der Waals surface area contributed by atoms with Gasteiger partial charge >= 0.3 is 5.97 Å². The maximum atomic E-state index is 13.3. The molecule has 1 N–H and O–H groups in total. The number of carbonyl (C=O) groups excluding carboxylic acids is 1. The Morgan fingerprint density at radius 3 is 2.20 bits per heavy atom. The van der Waals surface area contributed by atoms with Gasteiger partial charge in [0.05, 0.1) is 6.42 Å². The highest BCUT2D eigenvalue weighted by Gasteiger charge is 2.51. The Balaban J connectivity index is 2.16. The molecule has 2 rings (SSSR count). The van der Waals surface area contributed by atoms with Gasteiger partial charge in [0.2, 0.25) is 11.8 Å². The zero-order chi connectivity index (χ0) is 15.1. The second-order valence-electron chi connectivity index (χ2n) is 5.48. The van der Waals surface area contributed by atoms with Crippen molar-refractivity contribution in [3.8, 4) is 0 Å². The number of hydrogen-bond donors (Lipinski definition) is 1. The summed E-state index contributed by atoms with van der Waals surface area (Å²) in [7, 11) is 0. The molecule has 0 aromatic heterocycles. The highest BCUT2D eigenvalue weighted by atomic mass is 19.3. The van der Waals surface area contributed by atoms with Gasteiger partial charge in [0.1, 0.15) is 6.04 Å². The Hall–Kier alpha value is -1.34. The molecule has 0 aromatic carbocycles. The molecular weight excluding hydrogens is 282 g/mol. The van der Waals surface area contributed by atoms with Gasteiger partial charge in [0.15, 0.2) is 0 Å². The van der Waals surface area contributed by atoms with Crippen molar-refractivity contribution in [1.82, 2.24) is 4.90 Å². The summed E-state index contributed by atoms with van der Waals surface area (Å²) in [6.07, 6.45) is -3.04. The quantitative estimate of drug-likeness (QED) is 0.796. The van der Waals surface area contributed by atoms with E-state index in [1.165, 1.54) is 0 Å². The van der Waals surface area contributed by atoms with E-state index >= 15 is 0 Å². The van der Waals surface area contributed by atoms with E-state index < -0.39 is 61.5 Å². The van der Waals surface area contributed by atoms with Crippen LogP contribution in [0.25, 0.3) is 0 Å². The Morgan fingerprint density at radius 2 is 1.70 bits per heavy atom. The summed E-state index contributed by atoms with van der Waals surface area (Å²) in [6, 6.07) is -2.33. The Labute approximate surface area is 112 Å². The SMILES string of the molecule is O=C(O)C1CC(F)(F)CC(=O)N1C1CCC(F)(F)CC1. The number of hydrogen-bond acceptors (Lipinski definition) is 2. The summed E-state index contributed by atoms with van der Waals surface area (Å²) >= 11 is 0. The molecule has 0 bridgehead atoms. The van der Waals surface area contributed by atoms with Crippen molar-refractivity contribution in [2.45, 2.75) is 62.5 Å². The lowest BCUT2D eigenvalue weighted by molar-refractivity contribution is -0.173. The first-order valence-corrected chi connectivity index (χ1v) is 6.41. The van der Waals surface area contributed by atoms with Crippen LogP contribution in [0.5, 0.6) is 0 Å². The second-order valence-corrected chi connectivity index (χ2v) is 5.48. The monoisotopic (exact) mass is 297 g/mol. The molecule has 1 unspecified atom stereocenters. The summed E-state index contributed by atoms with van der Waals surface area (Å²) in [6.45, 7) is 0. The lowest BCUT2D eigenvalue weighted by Crippen LogP contribution is -2.58. The molecular formula is C12H15F4NO3. The van der Waals surface area contributed by atoms with Gasteiger partial charge in [-0.2, -0.15) is 0 Å². The number of rotatable bonds is 2. The topological polar surface area (TPSA) is 57.6 Å². The first kappa shape index (κ1) is 15.1. The molecule has 114 valence electrons. The van der Waals surface area contributed by atoms with Crippen LogP contribution in [0.3, 0.4) is 0 Å². The van der Waals surface area contributed by atoms with Crippen LogP contribution in [-0.4, -0.2) is 45.8 Å². The summed E-state index contributed by atoms with van der Waals surface area (Å²) in [5, 5.41) is 9.02. The van der Waals surface area contributed by atoms with Crippen LogP contribution < -0.4 is 0 Å². The van der Waals surface area contributed by atoms with Crippen molar-refractivity contribution in [2.24, 2.45) is 0 Å². The molecule has 0 radical (unpaired) electrons. The van der Waals surface area contributed by atoms with Gasteiger partial charge in [0.25, 0.3) is 5.92 Å². The Kier molecular flexibility index (Phi) is 3.68. The third kappa shape index (κ3) is 3.04. The lowest BCUT2D eigenvalue weighted by Gasteiger charge is -2.43. The fourth-order valence-corrected chi connectivity index (χ4v) is 2.91. The largest absolute Gasteiger partial charge is 0.480 e. The van der Waals surface area contributed by atoms with Crippen LogP contribution in [-0.2, 0) is 9.59 Å². The standard InChI is InChI=1S/C12H15F4NO3/c13-11(14)3-1-7(2-4-11)17-8(10(19)20)5-12(15,16)6-9(17)18/h7-8H,1-6H2,(H,19,20). The van der Waals surface area contributed by atoms with Gasteiger partial charge in [-0.25, -0.2) is 22.4 Å². The minimum Gasteiger partial charge on any atom is -0.480 e. The third-order valence-corrected chi connectivity index (χ3v) is 3.89. The number of carboxylic acid groups (broad SMARTS) is 1. The van der Waals surface area contributed by atoms with Crippen molar-refractivity contribution in [3.05, 3.63) is 0 Å². The second kappa shape index (κ2) is 4.89. The number of halogens is 4. The summed E-state index contributed by atoms with van der Waals surface area (Å²) in [5.74, 6) is -8.66. The summed E-state index contributed by atoms with van der Waals surface area (Å²) in [4.78, 5) is 23.8. The molecule has 0 spiro atoms. The smallest absolute Gasteiger partial charge is 0.326 e. The van der Waals surface area contributed by atoms with E-state index in [-0.39, 0.29) is 12.8 Å². The van der Waals surface area contributed by atoms with Crippen LogP contribution >= 0.6 is 0 Å². The van der Waals surface area contributed by atoms with Crippen molar-refractivity contribution < 1.29 is 32.3 Å². The molecule has 4 nitrogen and oxygen atoms in total. The number of alkyl halides is 4. The van der Waals surface area contributed by atoms with Gasteiger partial charge in [0, 0.05) is 25.3 Å². The molecule has 0 aromatic rings. The van der Waals surface area contributed by atoms with Gasteiger partial charge < -0.3 is 10.0 Å². The molecule has 1 heterocycles. The first-order chi connectivity index (χ1) is 9.11. The van der Waals surface area contributed by atoms with Gasteiger partial charge in [-0.3, -0.25) is 4.79 Å². The van der Waals surface area contributed by atoms with E-state index in [9.17, 15) is 27.2 Å². The average Bonchev–Trinajstić information content (AvgIpc) is 2.28. The molecule has 1 saturated carbocycles. The predicted octanol–water partition coefficient (Wildman–Crippen LogP) is 2.28. The molecule has 1 atom stereocenters. The van der Waals surface area contributed by atoms with E-state index in [0.29, 0.717) is 0 Å². The van der Waals surface area contributed by atoms with Crippen molar-refractivity contribution in [2.75, 3.05) is 0 Å². The van der Waals surface area contributed by atoms with E-state index in [0.717, 1.165) is 4.90 Å². The fourth-order valence-electron chi connectivity index (χ4n) is 2.91. The molecule has 1 saturated heterocycles. The van der Waals surface area contributed by atoms with Crippen molar-refractivity contribution in [1.29, 1.82) is 0 Å². The number of carboxylic acids is 1. The van der Waals surface area contributed by atoms with E-state index in [4.69, 9.17) is 5.11 Å². The highest BCUT2D eigenvalue weighted by molar-refractivity contribution is 5.86. The Bertz CT molecular complexity index is 417.